The summed E-state index contributed by atoms with van der Waals surface area (Å²) in [6.07, 6.45) is 4.65. The highest BCUT2D eigenvalue weighted by Crippen LogP contribution is 2.29. The lowest BCUT2D eigenvalue weighted by atomic mass is 9.91. The van der Waals surface area contributed by atoms with Crippen molar-refractivity contribution in [2.75, 3.05) is 13.1 Å². The van der Waals surface area contributed by atoms with Crippen LogP contribution in [0.25, 0.3) is 0 Å². The van der Waals surface area contributed by atoms with Crippen molar-refractivity contribution in [2.45, 2.75) is 30.6 Å². The van der Waals surface area contributed by atoms with E-state index in [0.717, 1.165) is 29.5 Å². The van der Waals surface area contributed by atoms with Crippen molar-refractivity contribution in [3.63, 3.8) is 0 Å². The molecule has 1 aromatic heterocycles. The quantitative estimate of drug-likeness (QED) is 0.873. The van der Waals surface area contributed by atoms with Crippen molar-refractivity contribution in [1.29, 1.82) is 0 Å². The Kier molecular flexibility index (Phi) is 5.01. The van der Waals surface area contributed by atoms with Crippen LogP contribution in [0.3, 0.4) is 0 Å². The minimum Gasteiger partial charge on any atom is -0.339 e. The molecule has 3 rings (SSSR count). The molecule has 1 fully saturated rings. The van der Waals surface area contributed by atoms with E-state index < -0.39 is 21.7 Å². The monoisotopic (exact) mass is 378 g/mol. The Morgan fingerprint density at radius 2 is 2.00 bits per heavy atom. The number of nitrogens with two attached hydrogens (primary N) is 1. The number of benzene rings is 1. The maximum absolute atomic E-state index is 14.1. The molecule has 1 saturated heterocycles. The second-order valence-electron chi connectivity index (χ2n) is 6.34. The first-order valence-corrected chi connectivity index (χ1v) is 9.70. The minimum atomic E-state index is -4.01. The third-order valence-electron chi connectivity index (χ3n) is 4.60. The summed E-state index contributed by atoms with van der Waals surface area (Å²) >= 11 is 0. The predicted molar refractivity (Wildman–Crippen MR) is 92.4 cm³/mol. The van der Waals surface area contributed by atoms with Gasteiger partial charge in [0.05, 0.1) is 10.5 Å². The number of aromatic nitrogens is 2. The molecule has 0 aliphatic carbocycles. The molecule has 1 aliphatic heterocycles. The van der Waals surface area contributed by atoms with Gasteiger partial charge in [0.25, 0.3) is 5.91 Å². The number of nitrogens with zero attached hydrogens (tertiary/aromatic N) is 3. The second-order valence-corrected chi connectivity index (χ2v) is 7.91. The Morgan fingerprint density at radius 3 is 2.62 bits per heavy atom. The Bertz CT molecular complexity index is 941. The number of carbonyl (C=O) groups is 1. The summed E-state index contributed by atoms with van der Waals surface area (Å²) in [6.45, 7) is 2.82. The zero-order chi connectivity index (χ0) is 18.9. The van der Waals surface area contributed by atoms with E-state index in [2.05, 4.69) is 9.97 Å². The Balaban J connectivity index is 1.76. The molecule has 7 nitrogen and oxygen atoms in total. The van der Waals surface area contributed by atoms with Crippen molar-refractivity contribution in [2.24, 2.45) is 5.14 Å². The van der Waals surface area contributed by atoms with E-state index in [9.17, 15) is 17.6 Å². The van der Waals surface area contributed by atoms with Crippen LogP contribution in [0.4, 0.5) is 4.39 Å². The molecule has 1 aromatic carbocycles. The molecule has 138 valence electrons. The Morgan fingerprint density at radius 1 is 1.31 bits per heavy atom. The van der Waals surface area contributed by atoms with Gasteiger partial charge in [-0.25, -0.2) is 27.9 Å². The fraction of sp³-hybridized carbons (Fsp3) is 0.353. The van der Waals surface area contributed by atoms with Gasteiger partial charge >= 0.3 is 0 Å². The third-order valence-corrected chi connectivity index (χ3v) is 5.51. The van der Waals surface area contributed by atoms with Gasteiger partial charge in [-0.1, -0.05) is 0 Å². The first-order chi connectivity index (χ1) is 12.3. The van der Waals surface area contributed by atoms with Crippen LogP contribution in [0.1, 0.15) is 40.4 Å². The van der Waals surface area contributed by atoms with Gasteiger partial charge in [-0.2, -0.15) is 0 Å². The fourth-order valence-corrected chi connectivity index (χ4v) is 3.75. The topological polar surface area (TPSA) is 106 Å². The van der Waals surface area contributed by atoms with E-state index in [0.29, 0.717) is 25.9 Å². The maximum Gasteiger partial charge on any atom is 0.256 e. The smallest absolute Gasteiger partial charge is 0.256 e. The molecule has 9 heteroatoms. The number of aryl methyl sites for hydroxylation is 1. The first-order valence-electron chi connectivity index (χ1n) is 8.15. The van der Waals surface area contributed by atoms with Gasteiger partial charge in [0, 0.05) is 30.9 Å². The van der Waals surface area contributed by atoms with Crippen LogP contribution in [0.15, 0.2) is 35.6 Å². The number of hydrogen-bond acceptors (Lipinski definition) is 5. The number of amides is 1. The number of rotatable bonds is 3. The molecule has 0 unspecified atom stereocenters. The fourth-order valence-electron chi connectivity index (χ4n) is 3.21. The highest BCUT2D eigenvalue weighted by molar-refractivity contribution is 7.89. The molecule has 2 N–H and O–H groups in total. The number of piperidine rings is 1. The summed E-state index contributed by atoms with van der Waals surface area (Å²) in [4.78, 5) is 22.2. The van der Waals surface area contributed by atoms with E-state index in [1.54, 1.807) is 6.20 Å². The lowest BCUT2D eigenvalue weighted by Gasteiger charge is -2.32. The summed E-state index contributed by atoms with van der Waals surface area (Å²) in [5, 5.41) is 5.06. The summed E-state index contributed by atoms with van der Waals surface area (Å²) in [6, 6.07) is 2.99. The number of sulfonamides is 1. The SMILES string of the molecule is Cc1cncnc1C1CCN(C(=O)c2cc(S(N)(=O)=O)ccc2F)CC1. The molecule has 0 bridgehead atoms. The minimum absolute atomic E-state index is 0.211. The number of likely N-dealkylation sites (tertiary alicyclic amines) is 1. The average Bonchev–Trinajstić information content (AvgIpc) is 2.61. The van der Waals surface area contributed by atoms with Gasteiger partial charge < -0.3 is 4.90 Å². The highest BCUT2D eigenvalue weighted by Gasteiger charge is 2.28. The number of primary sulfonamides is 1. The van der Waals surface area contributed by atoms with Crippen LogP contribution in [-0.4, -0.2) is 42.3 Å². The van der Waals surface area contributed by atoms with Crippen molar-refractivity contribution >= 4 is 15.9 Å². The molecule has 0 atom stereocenters. The zero-order valence-electron chi connectivity index (χ0n) is 14.2. The maximum atomic E-state index is 14.1. The van der Waals surface area contributed by atoms with Crippen LogP contribution >= 0.6 is 0 Å². The molecule has 2 aromatic rings. The van der Waals surface area contributed by atoms with Gasteiger partial charge in [0.15, 0.2) is 0 Å². The molecule has 0 radical (unpaired) electrons. The van der Waals surface area contributed by atoms with Crippen LogP contribution in [-0.2, 0) is 10.0 Å². The lowest BCUT2D eigenvalue weighted by molar-refractivity contribution is 0.0707. The largest absolute Gasteiger partial charge is 0.339 e. The summed E-state index contributed by atoms with van der Waals surface area (Å²) in [5.74, 6) is -1.09. The standard InChI is InChI=1S/C17H19FN4O3S/c1-11-9-20-10-21-16(11)12-4-6-22(7-5-12)17(23)14-8-13(26(19,24)25)2-3-15(14)18/h2-3,8-10,12H,4-7H2,1H3,(H2,19,24,25). The van der Waals surface area contributed by atoms with Gasteiger partial charge in [0.1, 0.15) is 12.1 Å². The normalized spacial score (nSPS) is 15.9. The molecule has 2 heterocycles. The average molecular weight is 378 g/mol. The van der Waals surface area contributed by atoms with E-state index in [-0.39, 0.29) is 16.4 Å². The van der Waals surface area contributed by atoms with Crippen molar-refractivity contribution < 1.29 is 17.6 Å². The van der Waals surface area contributed by atoms with Gasteiger partial charge in [-0.3, -0.25) is 4.79 Å². The number of halogens is 1. The summed E-state index contributed by atoms with van der Waals surface area (Å²) in [7, 11) is -4.01. The van der Waals surface area contributed by atoms with E-state index in [1.165, 1.54) is 11.2 Å². The molecular formula is C17H19FN4O3S. The van der Waals surface area contributed by atoms with Gasteiger partial charge in [-0.05, 0) is 43.5 Å². The van der Waals surface area contributed by atoms with E-state index >= 15 is 0 Å². The van der Waals surface area contributed by atoms with E-state index in [1.807, 2.05) is 6.92 Å². The molecule has 26 heavy (non-hydrogen) atoms. The first kappa shape index (κ1) is 18.4. The van der Waals surface area contributed by atoms with Crippen LogP contribution in [0.2, 0.25) is 0 Å². The summed E-state index contributed by atoms with van der Waals surface area (Å²) in [5.41, 5.74) is 1.69. The predicted octanol–water partition coefficient (Wildman–Crippen LogP) is 1.59. The Labute approximate surface area is 151 Å². The lowest BCUT2D eigenvalue weighted by Crippen LogP contribution is -2.38. The molecule has 0 spiro atoms. The van der Waals surface area contributed by atoms with Gasteiger partial charge in [-0.15, -0.1) is 0 Å². The van der Waals surface area contributed by atoms with Crippen molar-refractivity contribution in [1.82, 2.24) is 14.9 Å². The molecule has 1 amide bonds. The van der Waals surface area contributed by atoms with Crippen LogP contribution < -0.4 is 5.14 Å². The molecule has 1 aliphatic rings. The van der Waals surface area contributed by atoms with Crippen LogP contribution in [0.5, 0.6) is 0 Å². The van der Waals surface area contributed by atoms with Crippen LogP contribution in [0, 0.1) is 12.7 Å². The Hall–Kier alpha value is -2.39. The van der Waals surface area contributed by atoms with E-state index in [4.69, 9.17) is 5.14 Å². The molecule has 0 saturated carbocycles. The van der Waals surface area contributed by atoms with Crippen molar-refractivity contribution in [3.8, 4) is 0 Å². The van der Waals surface area contributed by atoms with Crippen molar-refractivity contribution in [3.05, 3.63) is 53.4 Å². The number of carbonyl (C=O) groups excluding carboxylic acids is 1. The van der Waals surface area contributed by atoms with Gasteiger partial charge in [0.2, 0.25) is 10.0 Å². The molecular weight excluding hydrogens is 359 g/mol. The zero-order valence-corrected chi connectivity index (χ0v) is 15.0. The third kappa shape index (κ3) is 3.73. The second kappa shape index (κ2) is 7.08. The number of hydrogen-bond donors (Lipinski definition) is 1. The summed E-state index contributed by atoms with van der Waals surface area (Å²) < 4.78 is 36.9. The highest BCUT2D eigenvalue weighted by atomic mass is 32.2.